The molecule has 0 bridgehead atoms. The van der Waals surface area contributed by atoms with Crippen molar-refractivity contribution in [1.82, 2.24) is 14.5 Å². The van der Waals surface area contributed by atoms with Crippen molar-refractivity contribution in [2.45, 2.75) is 0 Å². The number of para-hydroxylation sites is 2. The van der Waals surface area contributed by atoms with Crippen LogP contribution in [0.15, 0.2) is 194 Å². The van der Waals surface area contributed by atoms with Crippen LogP contribution in [0, 0.1) is 0 Å². The lowest BCUT2D eigenvalue weighted by atomic mass is 10.1. The summed E-state index contributed by atoms with van der Waals surface area (Å²) in [5.41, 5.74) is 7.65. The molecule has 0 aliphatic carbocycles. The molecule has 1 atom stereocenters. The molecule has 0 aliphatic rings. The third-order valence-electron chi connectivity index (χ3n) is 9.48. The maximum atomic E-state index is 16.0. The van der Waals surface area contributed by atoms with Gasteiger partial charge in [-0.15, -0.1) is 0 Å². The lowest BCUT2D eigenvalue weighted by molar-refractivity contribution is 0.592. The molecule has 5 heteroatoms. The number of benzene rings is 7. The summed E-state index contributed by atoms with van der Waals surface area (Å²) in [4.78, 5) is 10.1. The first kappa shape index (κ1) is 30.7. The first-order chi connectivity index (χ1) is 25.2. The van der Waals surface area contributed by atoms with Gasteiger partial charge in [0.25, 0.3) is 0 Å². The SMILES string of the molecule is O=P(c1ccccc1)(c1cccc(-c2nc(-c3ccccc3)cc(-c3ccccc3)n2)c1)c1cccc(-n2c3ccccc3c3ccccc32)c1. The molecule has 51 heavy (non-hydrogen) atoms. The first-order valence-corrected chi connectivity index (χ1v) is 18.7. The normalized spacial score (nSPS) is 12.5. The maximum absolute atomic E-state index is 16.0. The Morgan fingerprint density at radius 3 is 1.43 bits per heavy atom. The number of hydrogen-bond donors (Lipinski definition) is 0. The molecule has 0 aliphatic heterocycles. The zero-order chi connectivity index (χ0) is 34.2. The highest BCUT2D eigenvalue weighted by Crippen LogP contribution is 2.44. The van der Waals surface area contributed by atoms with Gasteiger partial charge >= 0.3 is 0 Å². The second-order valence-corrected chi connectivity index (χ2v) is 15.3. The Labute approximate surface area is 296 Å². The van der Waals surface area contributed by atoms with Crippen LogP contribution < -0.4 is 15.9 Å². The first-order valence-electron chi connectivity index (χ1n) is 17.0. The Hall–Kier alpha value is -6.35. The average Bonchev–Trinajstić information content (AvgIpc) is 3.56. The molecule has 7 aromatic carbocycles. The Morgan fingerprint density at radius 1 is 0.392 bits per heavy atom. The van der Waals surface area contributed by atoms with Crippen LogP contribution in [0.3, 0.4) is 0 Å². The van der Waals surface area contributed by atoms with E-state index in [9.17, 15) is 0 Å². The Morgan fingerprint density at radius 2 is 0.843 bits per heavy atom. The van der Waals surface area contributed by atoms with Crippen molar-refractivity contribution < 1.29 is 4.57 Å². The van der Waals surface area contributed by atoms with E-state index in [4.69, 9.17) is 9.97 Å². The zero-order valence-corrected chi connectivity index (χ0v) is 28.6. The Bertz CT molecular complexity index is 2610. The van der Waals surface area contributed by atoms with Crippen molar-refractivity contribution in [3.63, 3.8) is 0 Å². The highest BCUT2D eigenvalue weighted by atomic mass is 31.2. The molecule has 9 rings (SSSR count). The van der Waals surface area contributed by atoms with E-state index in [1.54, 1.807) is 0 Å². The van der Waals surface area contributed by atoms with Crippen molar-refractivity contribution in [2.24, 2.45) is 0 Å². The fourth-order valence-electron chi connectivity index (χ4n) is 7.04. The molecule has 0 N–H and O–H groups in total. The van der Waals surface area contributed by atoms with Gasteiger partial charge < -0.3 is 9.13 Å². The number of hydrogen-bond acceptors (Lipinski definition) is 3. The molecule has 2 aromatic heterocycles. The molecule has 0 spiro atoms. The molecule has 242 valence electrons. The minimum Gasteiger partial charge on any atom is -0.309 e. The van der Waals surface area contributed by atoms with Gasteiger partial charge in [0.15, 0.2) is 13.0 Å². The molecule has 0 saturated carbocycles. The monoisotopic (exact) mass is 673 g/mol. The van der Waals surface area contributed by atoms with E-state index in [1.807, 2.05) is 109 Å². The summed E-state index contributed by atoms with van der Waals surface area (Å²) in [6.45, 7) is 0. The number of rotatable bonds is 7. The third kappa shape index (κ3) is 5.47. The molecule has 0 saturated heterocycles. The van der Waals surface area contributed by atoms with Gasteiger partial charge in [-0.2, -0.15) is 0 Å². The third-order valence-corrected chi connectivity index (χ3v) is 12.5. The molecule has 4 nitrogen and oxygen atoms in total. The lowest BCUT2D eigenvalue weighted by Gasteiger charge is -2.22. The van der Waals surface area contributed by atoms with Gasteiger partial charge in [-0.25, -0.2) is 9.97 Å². The standard InChI is InChI=1S/C46H32N3OP/c50-51(37-22-8-3-9-23-37,39-25-15-21-36(31-39)49-44-28-12-10-26-40(44)41-27-11-13-29-45(41)49)38-24-14-20-35(30-38)46-47-42(33-16-4-1-5-17-33)32-43(48-46)34-18-6-2-7-19-34/h1-32H. The van der Waals surface area contributed by atoms with Gasteiger partial charge in [-0.05, 0) is 36.4 Å². The van der Waals surface area contributed by atoms with Crippen molar-refractivity contribution in [3.05, 3.63) is 194 Å². The van der Waals surface area contributed by atoms with Crippen molar-refractivity contribution in [1.29, 1.82) is 0 Å². The van der Waals surface area contributed by atoms with Crippen LogP contribution in [0.1, 0.15) is 0 Å². The summed E-state index contributed by atoms with van der Waals surface area (Å²) in [6.07, 6.45) is 0. The minimum absolute atomic E-state index is 0.579. The predicted octanol–water partition coefficient (Wildman–Crippen LogP) is 10.2. The Kier molecular flexibility index (Phi) is 7.72. The Balaban J connectivity index is 1.23. The highest BCUT2D eigenvalue weighted by Gasteiger charge is 2.31. The largest absolute Gasteiger partial charge is 0.309 e. The minimum atomic E-state index is -3.38. The number of fused-ring (bicyclic) bond motifs is 3. The van der Waals surface area contributed by atoms with E-state index < -0.39 is 7.14 Å². The quantitative estimate of drug-likeness (QED) is 0.158. The topological polar surface area (TPSA) is 47.8 Å². The fourth-order valence-corrected chi connectivity index (χ4v) is 9.76. The van der Waals surface area contributed by atoms with Crippen molar-refractivity contribution in [2.75, 3.05) is 0 Å². The van der Waals surface area contributed by atoms with Crippen LogP contribution in [0.4, 0.5) is 0 Å². The zero-order valence-electron chi connectivity index (χ0n) is 27.7. The van der Waals surface area contributed by atoms with E-state index in [2.05, 4.69) is 89.5 Å². The van der Waals surface area contributed by atoms with E-state index >= 15 is 4.57 Å². The van der Waals surface area contributed by atoms with E-state index in [-0.39, 0.29) is 0 Å². The molecule has 1 unspecified atom stereocenters. The van der Waals surface area contributed by atoms with E-state index in [0.717, 1.165) is 60.7 Å². The summed E-state index contributed by atoms with van der Waals surface area (Å²) >= 11 is 0. The molecule has 0 radical (unpaired) electrons. The molecule has 9 aromatic rings. The van der Waals surface area contributed by atoms with Crippen LogP contribution in [0.25, 0.3) is 61.4 Å². The van der Waals surface area contributed by atoms with Gasteiger partial charge in [0.1, 0.15) is 0 Å². The second kappa shape index (κ2) is 12.8. The molecule has 0 fully saturated rings. The van der Waals surface area contributed by atoms with Crippen LogP contribution in [0.2, 0.25) is 0 Å². The van der Waals surface area contributed by atoms with Crippen LogP contribution in [-0.2, 0) is 4.57 Å². The van der Waals surface area contributed by atoms with E-state index in [1.165, 1.54) is 10.8 Å². The summed E-state index contributed by atoms with van der Waals surface area (Å²) in [7, 11) is -3.38. The predicted molar refractivity (Wildman–Crippen MR) is 212 cm³/mol. The molecule has 2 heterocycles. The van der Waals surface area contributed by atoms with Gasteiger partial charge in [0.2, 0.25) is 0 Å². The molecule has 0 amide bonds. The number of aromatic nitrogens is 3. The van der Waals surface area contributed by atoms with Gasteiger partial charge in [0, 0.05) is 49.1 Å². The lowest BCUT2D eigenvalue weighted by Crippen LogP contribution is -2.25. The fraction of sp³-hybridized carbons (Fsp3) is 0. The smallest absolute Gasteiger partial charge is 0.171 e. The van der Waals surface area contributed by atoms with Crippen molar-refractivity contribution in [3.8, 4) is 39.6 Å². The van der Waals surface area contributed by atoms with Gasteiger partial charge in [-0.3, -0.25) is 0 Å². The maximum Gasteiger partial charge on any atom is 0.171 e. The highest BCUT2D eigenvalue weighted by molar-refractivity contribution is 7.85. The molecular formula is C46H32N3OP. The van der Waals surface area contributed by atoms with Crippen LogP contribution in [0.5, 0.6) is 0 Å². The summed E-state index contributed by atoms with van der Waals surface area (Å²) < 4.78 is 18.2. The van der Waals surface area contributed by atoms with Crippen molar-refractivity contribution >= 4 is 44.9 Å². The van der Waals surface area contributed by atoms with Gasteiger partial charge in [-0.1, -0.05) is 158 Å². The average molecular weight is 674 g/mol. The summed E-state index contributed by atoms with van der Waals surface area (Å²) in [6, 6.07) is 65.3. The van der Waals surface area contributed by atoms with Gasteiger partial charge in [0.05, 0.1) is 22.4 Å². The second-order valence-electron chi connectivity index (χ2n) is 12.6. The van der Waals surface area contributed by atoms with Crippen LogP contribution in [-0.4, -0.2) is 14.5 Å². The molecular weight excluding hydrogens is 642 g/mol. The van der Waals surface area contributed by atoms with Crippen LogP contribution >= 0.6 is 7.14 Å². The number of nitrogens with zero attached hydrogens (tertiary/aromatic N) is 3. The summed E-state index contributed by atoms with van der Waals surface area (Å²) in [5.74, 6) is 0.579. The van der Waals surface area contributed by atoms with E-state index in [0.29, 0.717) is 5.82 Å². The summed E-state index contributed by atoms with van der Waals surface area (Å²) in [5, 5.41) is 4.62.